The van der Waals surface area contributed by atoms with Crippen molar-refractivity contribution in [3.05, 3.63) is 24.3 Å². The monoisotopic (exact) mass is 355 g/mol. The molecule has 2 rings (SSSR count). The first-order valence-corrected chi connectivity index (χ1v) is 9.71. The predicted octanol–water partition coefficient (Wildman–Crippen LogP) is 2.19. The fourth-order valence-electron chi connectivity index (χ4n) is 3.17. The van der Waals surface area contributed by atoms with Gasteiger partial charge < -0.3 is 14.7 Å². The first kappa shape index (κ1) is 18.7. The minimum atomic E-state index is -4.06. The highest BCUT2D eigenvalue weighted by molar-refractivity contribution is 7.93. The number of aliphatic carboxylic acids is 1. The Balaban J connectivity index is 2.36. The summed E-state index contributed by atoms with van der Waals surface area (Å²) < 4.78 is 29.7. The number of methoxy groups -OCH3 is 1. The molecule has 1 fully saturated rings. The van der Waals surface area contributed by atoms with Crippen LogP contribution in [0.25, 0.3) is 0 Å². The molecule has 0 atom stereocenters. The van der Waals surface area contributed by atoms with Crippen LogP contribution in [0, 0.1) is 0 Å². The number of benzene rings is 1. The summed E-state index contributed by atoms with van der Waals surface area (Å²) in [6.07, 6.45) is 2.26. The van der Waals surface area contributed by atoms with E-state index in [1.807, 2.05) is 0 Å². The van der Waals surface area contributed by atoms with Gasteiger partial charge in [0.25, 0.3) is 0 Å². The molecule has 0 amide bonds. The molecule has 134 valence electrons. The second-order valence-electron chi connectivity index (χ2n) is 6.15. The lowest BCUT2D eigenvalue weighted by atomic mass is 9.95. The molecule has 1 aliphatic rings. The number of nitrogens with zero attached hydrogens (tertiary/aromatic N) is 1. The summed E-state index contributed by atoms with van der Waals surface area (Å²) >= 11 is 0. The zero-order chi connectivity index (χ0) is 17.8. The average molecular weight is 355 g/mol. The fraction of sp³-hybridized carbons (Fsp3) is 0.588. The largest absolute Gasteiger partial charge is 0.495 e. The van der Waals surface area contributed by atoms with Crippen molar-refractivity contribution in [2.75, 3.05) is 26.7 Å². The minimum absolute atomic E-state index is 0.0445. The first-order chi connectivity index (χ1) is 11.4. The molecule has 0 aliphatic carbocycles. The van der Waals surface area contributed by atoms with Gasteiger partial charge in [0.05, 0.1) is 7.11 Å². The summed E-state index contributed by atoms with van der Waals surface area (Å²) in [5.41, 5.74) is 0. The molecule has 1 heterocycles. The summed E-state index contributed by atoms with van der Waals surface area (Å²) in [7, 11) is -2.68. The van der Waals surface area contributed by atoms with E-state index in [1.54, 1.807) is 18.2 Å². The highest BCUT2D eigenvalue weighted by Gasteiger charge is 2.53. The van der Waals surface area contributed by atoms with Crippen molar-refractivity contribution in [1.82, 2.24) is 4.90 Å². The molecule has 0 radical (unpaired) electrons. The molecule has 0 aromatic heterocycles. The summed E-state index contributed by atoms with van der Waals surface area (Å²) in [5, 5.41) is 9.77. The van der Waals surface area contributed by atoms with Crippen LogP contribution in [0.1, 0.15) is 32.6 Å². The molecule has 24 heavy (non-hydrogen) atoms. The molecule has 1 aromatic rings. The number of piperidine rings is 1. The lowest BCUT2D eigenvalue weighted by Crippen LogP contribution is -2.54. The zero-order valence-electron chi connectivity index (χ0n) is 14.2. The Hall–Kier alpha value is -1.60. The molecule has 1 N–H and O–H groups in total. The number of sulfone groups is 1. The first-order valence-electron chi connectivity index (χ1n) is 8.22. The maximum absolute atomic E-state index is 13.2. The van der Waals surface area contributed by atoms with Crippen molar-refractivity contribution in [3.63, 3.8) is 0 Å². The average Bonchev–Trinajstić information content (AvgIpc) is 2.59. The van der Waals surface area contributed by atoms with Gasteiger partial charge in [-0.25, -0.2) is 8.42 Å². The smallest absolute Gasteiger partial charge is 0.325 e. The Bertz CT molecular complexity index is 678. The van der Waals surface area contributed by atoms with Gasteiger partial charge in [-0.3, -0.25) is 4.79 Å². The van der Waals surface area contributed by atoms with E-state index >= 15 is 0 Å². The van der Waals surface area contributed by atoms with Gasteiger partial charge in [-0.05, 0) is 37.9 Å². The molecule has 0 unspecified atom stereocenters. The maximum Gasteiger partial charge on any atom is 0.325 e. The van der Waals surface area contributed by atoms with Gasteiger partial charge in [-0.15, -0.1) is 0 Å². The Morgan fingerprint density at radius 2 is 1.92 bits per heavy atom. The molecule has 1 aromatic carbocycles. The highest BCUT2D eigenvalue weighted by Crippen LogP contribution is 2.39. The van der Waals surface area contributed by atoms with Crippen LogP contribution in [-0.4, -0.2) is 55.9 Å². The summed E-state index contributed by atoms with van der Waals surface area (Å²) in [6, 6.07) is 6.21. The Morgan fingerprint density at radius 3 is 2.46 bits per heavy atom. The predicted molar refractivity (Wildman–Crippen MR) is 91.1 cm³/mol. The van der Waals surface area contributed by atoms with E-state index < -0.39 is 20.6 Å². The topological polar surface area (TPSA) is 83.9 Å². The van der Waals surface area contributed by atoms with E-state index in [4.69, 9.17) is 4.74 Å². The van der Waals surface area contributed by atoms with Crippen molar-refractivity contribution in [2.45, 2.75) is 42.2 Å². The van der Waals surface area contributed by atoms with Crippen LogP contribution < -0.4 is 4.74 Å². The number of carboxylic acids is 1. The molecule has 0 spiro atoms. The number of para-hydroxylation sites is 1. The number of hydrogen-bond donors (Lipinski definition) is 1. The van der Waals surface area contributed by atoms with E-state index in [0.29, 0.717) is 13.1 Å². The maximum atomic E-state index is 13.2. The number of carbonyl (C=O) groups is 1. The van der Waals surface area contributed by atoms with E-state index in [-0.39, 0.29) is 23.5 Å². The van der Waals surface area contributed by atoms with E-state index in [9.17, 15) is 18.3 Å². The second kappa shape index (κ2) is 7.53. The Kier molecular flexibility index (Phi) is 5.87. The molecule has 1 aliphatic heterocycles. The van der Waals surface area contributed by atoms with Crippen molar-refractivity contribution in [3.8, 4) is 5.75 Å². The Morgan fingerprint density at radius 1 is 1.29 bits per heavy atom. The third-order valence-electron chi connectivity index (χ3n) is 4.75. The Labute approximate surface area is 143 Å². The van der Waals surface area contributed by atoms with Gasteiger partial charge >= 0.3 is 5.97 Å². The lowest BCUT2D eigenvalue weighted by Gasteiger charge is -2.38. The number of ether oxygens (including phenoxy) is 1. The van der Waals surface area contributed by atoms with Crippen molar-refractivity contribution < 1.29 is 23.1 Å². The molecule has 0 bridgehead atoms. The molecule has 7 heteroatoms. The van der Waals surface area contributed by atoms with Crippen LogP contribution >= 0.6 is 0 Å². The molecular weight excluding hydrogens is 330 g/mol. The number of carboxylic acid groups (broad SMARTS) is 1. The van der Waals surface area contributed by atoms with E-state index in [2.05, 4.69) is 11.8 Å². The lowest BCUT2D eigenvalue weighted by molar-refractivity contribution is -0.141. The SMILES string of the molecule is CCCCN1CCC(C(=O)O)(S(=O)(=O)c2ccccc2OC)CC1. The van der Waals surface area contributed by atoms with Gasteiger partial charge in [0, 0.05) is 13.1 Å². The number of hydrogen-bond acceptors (Lipinski definition) is 5. The fourth-order valence-corrected chi connectivity index (χ4v) is 5.21. The second-order valence-corrected chi connectivity index (χ2v) is 8.38. The van der Waals surface area contributed by atoms with Crippen molar-refractivity contribution in [2.24, 2.45) is 0 Å². The van der Waals surface area contributed by atoms with Gasteiger partial charge in [-0.2, -0.15) is 0 Å². The van der Waals surface area contributed by atoms with Crippen LogP contribution in [0.15, 0.2) is 29.2 Å². The molecule has 6 nitrogen and oxygen atoms in total. The number of likely N-dealkylation sites (tertiary alicyclic amines) is 1. The van der Waals surface area contributed by atoms with E-state index in [1.165, 1.54) is 13.2 Å². The zero-order valence-corrected chi connectivity index (χ0v) is 15.0. The van der Waals surface area contributed by atoms with Gasteiger partial charge in [0.1, 0.15) is 10.6 Å². The minimum Gasteiger partial charge on any atom is -0.495 e. The van der Waals surface area contributed by atoms with E-state index in [0.717, 1.165) is 19.4 Å². The molecular formula is C17H25NO5S. The van der Waals surface area contributed by atoms with Crippen LogP contribution in [-0.2, 0) is 14.6 Å². The van der Waals surface area contributed by atoms with Crippen LogP contribution in [0.5, 0.6) is 5.75 Å². The highest BCUT2D eigenvalue weighted by atomic mass is 32.2. The summed E-state index contributed by atoms with van der Waals surface area (Å²) in [4.78, 5) is 14.1. The van der Waals surface area contributed by atoms with Crippen LogP contribution in [0.2, 0.25) is 0 Å². The van der Waals surface area contributed by atoms with Crippen molar-refractivity contribution in [1.29, 1.82) is 0 Å². The number of rotatable bonds is 7. The van der Waals surface area contributed by atoms with Crippen LogP contribution in [0.3, 0.4) is 0 Å². The summed E-state index contributed by atoms with van der Waals surface area (Å²) in [5.74, 6) is -1.09. The summed E-state index contributed by atoms with van der Waals surface area (Å²) in [6.45, 7) is 3.92. The number of unbranched alkanes of at least 4 members (excludes halogenated alkanes) is 1. The standard InChI is InChI=1S/C17H25NO5S/c1-3-4-11-18-12-9-17(10-13-18,16(19)20)24(21,22)15-8-6-5-7-14(15)23-2/h5-8H,3-4,9-13H2,1-2H3,(H,19,20). The van der Waals surface area contributed by atoms with Gasteiger partial charge in [0.15, 0.2) is 14.6 Å². The van der Waals surface area contributed by atoms with Gasteiger partial charge in [-0.1, -0.05) is 25.5 Å². The molecule has 1 saturated heterocycles. The normalized spacial score (nSPS) is 18.2. The molecule has 0 saturated carbocycles. The third-order valence-corrected chi connectivity index (χ3v) is 7.28. The van der Waals surface area contributed by atoms with Crippen LogP contribution in [0.4, 0.5) is 0 Å². The third kappa shape index (κ3) is 3.28. The van der Waals surface area contributed by atoms with Gasteiger partial charge in [0.2, 0.25) is 0 Å². The van der Waals surface area contributed by atoms with Crippen molar-refractivity contribution >= 4 is 15.8 Å². The quantitative estimate of drug-likeness (QED) is 0.807.